The van der Waals surface area contributed by atoms with E-state index in [2.05, 4.69) is 4.98 Å². The highest BCUT2D eigenvalue weighted by molar-refractivity contribution is 8.13. The maximum Gasteiger partial charge on any atom is 0.268 e. The van der Waals surface area contributed by atoms with Crippen LogP contribution < -0.4 is 5.73 Å². The largest absolute Gasteiger partial charge is 0.383 e. The van der Waals surface area contributed by atoms with Crippen molar-refractivity contribution in [3.63, 3.8) is 0 Å². The molecule has 8 heteroatoms. The van der Waals surface area contributed by atoms with Gasteiger partial charge in [-0.15, -0.1) is 0 Å². The molecular formula is C7H7ClF2N2O2S. The van der Waals surface area contributed by atoms with E-state index < -0.39 is 31.8 Å². The quantitative estimate of drug-likeness (QED) is 0.820. The summed E-state index contributed by atoms with van der Waals surface area (Å²) in [5, 5.41) is 0. The monoisotopic (exact) mass is 256 g/mol. The molecule has 2 N–H and O–H groups in total. The van der Waals surface area contributed by atoms with Crippen molar-refractivity contribution < 1.29 is 17.2 Å². The van der Waals surface area contributed by atoms with Gasteiger partial charge in [-0.2, -0.15) is 0 Å². The van der Waals surface area contributed by atoms with Crippen LogP contribution >= 0.6 is 10.7 Å². The SMILES string of the molecule is Cc1cnc(N)c(C(F)F)c1S(=O)(=O)Cl. The Hall–Kier alpha value is -0.950. The number of nitrogens with two attached hydrogens (primary N) is 1. The number of aromatic nitrogens is 1. The molecule has 15 heavy (non-hydrogen) atoms. The highest BCUT2D eigenvalue weighted by atomic mass is 35.7. The topological polar surface area (TPSA) is 73.0 Å². The Balaban J connectivity index is 3.68. The third kappa shape index (κ3) is 2.35. The molecule has 0 aliphatic carbocycles. The van der Waals surface area contributed by atoms with Gasteiger partial charge in [-0.05, 0) is 12.5 Å². The van der Waals surface area contributed by atoms with Gasteiger partial charge >= 0.3 is 0 Å². The van der Waals surface area contributed by atoms with Crippen molar-refractivity contribution >= 4 is 25.6 Å². The molecule has 1 aromatic rings. The molecule has 0 saturated heterocycles. The third-order valence-electron chi connectivity index (χ3n) is 1.74. The number of rotatable bonds is 2. The summed E-state index contributed by atoms with van der Waals surface area (Å²) < 4.78 is 47.3. The van der Waals surface area contributed by atoms with E-state index in [1.165, 1.54) is 6.92 Å². The summed E-state index contributed by atoms with van der Waals surface area (Å²) in [6.45, 7) is 1.31. The van der Waals surface area contributed by atoms with Gasteiger partial charge < -0.3 is 5.73 Å². The van der Waals surface area contributed by atoms with Crippen molar-refractivity contribution in [1.82, 2.24) is 4.98 Å². The molecule has 0 aliphatic heterocycles. The molecule has 0 saturated carbocycles. The van der Waals surface area contributed by atoms with Gasteiger partial charge in [0.1, 0.15) is 5.82 Å². The lowest BCUT2D eigenvalue weighted by Crippen LogP contribution is -2.07. The second kappa shape index (κ2) is 3.90. The van der Waals surface area contributed by atoms with Crippen LogP contribution in [0.2, 0.25) is 0 Å². The zero-order valence-electron chi connectivity index (χ0n) is 7.54. The first-order chi connectivity index (χ1) is 6.75. The Morgan fingerprint density at radius 2 is 2.07 bits per heavy atom. The van der Waals surface area contributed by atoms with Crippen molar-refractivity contribution in [3.05, 3.63) is 17.3 Å². The number of nitrogens with zero attached hydrogens (tertiary/aromatic N) is 1. The predicted molar refractivity (Wildman–Crippen MR) is 51.4 cm³/mol. The zero-order valence-corrected chi connectivity index (χ0v) is 9.11. The fraction of sp³-hybridized carbons (Fsp3) is 0.286. The Labute approximate surface area is 89.5 Å². The maximum absolute atomic E-state index is 12.6. The summed E-state index contributed by atoms with van der Waals surface area (Å²) in [6, 6.07) is 0. The molecule has 0 radical (unpaired) electrons. The van der Waals surface area contributed by atoms with E-state index in [9.17, 15) is 17.2 Å². The summed E-state index contributed by atoms with van der Waals surface area (Å²) in [6.07, 6.45) is -1.96. The second-order valence-electron chi connectivity index (χ2n) is 2.81. The van der Waals surface area contributed by atoms with Crippen molar-refractivity contribution in [3.8, 4) is 0 Å². The number of halogens is 3. The second-order valence-corrected chi connectivity index (χ2v) is 5.31. The molecule has 84 valence electrons. The Morgan fingerprint density at radius 3 is 2.40 bits per heavy atom. The van der Waals surface area contributed by atoms with E-state index in [-0.39, 0.29) is 5.56 Å². The predicted octanol–water partition coefficient (Wildman–Crippen LogP) is 1.84. The van der Waals surface area contributed by atoms with Crippen LogP contribution in [-0.4, -0.2) is 13.4 Å². The number of alkyl halides is 2. The molecular weight excluding hydrogens is 250 g/mol. The lowest BCUT2D eigenvalue weighted by Gasteiger charge is -2.10. The number of hydrogen-bond acceptors (Lipinski definition) is 4. The minimum atomic E-state index is -4.26. The summed E-state index contributed by atoms with van der Waals surface area (Å²) in [4.78, 5) is 2.79. The lowest BCUT2D eigenvalue weighted by atomic mass is 10.2. The number of hydrogen-bond donors (Lipinski definition) is 1. The first-order valence-corrected chi connectivity index (χ1v) is 6.04. The third-order valence-corrected chi connectivity index (χ3v) is 3.23. The van der Waals surface area contributed by atoms with Crippen LogP contribution in [0.4, 0.5) is 14.6 Å². The average Bonchev–Trinajstić information content (AvgIpc) is 2.05. The normalized spacial score (nSPS) is 12.1. The van der Waals surface area contributed by atoms with E-state index in [4.69, 9.17) is 16.4 Å². The van der Waals surface area contributed by atoms with E-state index in [0.29, 0.717) is 0 Å². The van der Waals surface area contributed by atoms with E-state index in [1.54, 1.807) is 0 Å². The number of anilines is 1. The van der Waals surface area contributed by atoms with E-state index in [1.807, 2.05) is 0 Å². The molecule has 4 nitrogen and oxygen atoms in total. The minimum Gasteiger partial charge on any atom is -0.383 e. The lowest BCUT2D eigenvalue weighted by molar-refractivity contribution is 0.148. The van der Waals surface area contributed by atoms with Gasteiger partial charge in [0, 0.05) is 16.9 Å². The smallest absolute Gasteiger partial charge is 0.268 e. The highest BCUT2D eigenvalue weighted by Gasteiger charge is 2.27. The molecule has 0 fully saturated rings. The van der Waals surface area contributed by atoms with Gasteiger partial charge in [0.05, 0.1) is 10.5 Å². The van der Waals surface area contributed by atoms with Crippen LogP contribution in [-0.2, 0) is 9.05 Å². The summed E-state index contributed by atoms with van der Waals surface area (Å²) in [5.41, 5.74) is 4.37. The van der Waals surface area contributed by atoms with Gasteiger partial charge in [-0.25, -0.2) is 22.2 Å². The highest BCUT2D eigenvalue weighted by Crippen LogP contribution is 2.34. The molecule has 0 unspecified atom stereocenters. The Morgan fingerprint density at radius 1 is 1.53 bits per heavy atom. The summed E-state index contributed by atoms with van der Waals surface area (Å²) >= 11 is 0. The van der Waals surface area contributed by atoms with Crippen LogP contribution in [0, 0.1) is 6.92 Å². The van der Waals surface area contributed by atoms with E-state index in [0.717, 1.165) is 6.20 Å². The van der Waals surface area contributed by atoms with E-state index >= 15 is 0 Å². The van der Waals surface area contributed by atoms with Crippen LogP contribution in [0.3, 0.4) is 0 Å². The van der Waals surface area contributed by atoms with Crippen molar-refractivity contribution in [1.29, 1.82) is 0 Å². The number of pyridine rings is 1. The molecule has 1 heterocycles. The first-order valence-electron chi connectivity index (χ1n) is 3.73. The standard InChI is InChI=1S/C7H7ClF2N2O2S/c1-3-2-12-7(11)4(6(9)10)5(3)15(8,13)14/h2,6H,1H3,(H2,11,12). The molecule has 0 bridgehead atoms. The summed E-state index contributed by atoms with van der Waals surface area (Å²) in [7, 11) is 0.781. The van der Waals surface area contributed by atoms with Crippen molar-refractivity contribution in [2.45, 2.75) is 18.2 Å². The maximum atomic E-state index is 12.6. The van der Waals surface area contributed by atoms with Gasteiger partial charge in [0.15, 0.2) is 0 Å². The van der Waals surface area contributed by atoms with Gasteiger partial charge in [-0.1, -0.05) is 0 Å². The number of aryl methyl sites for hydroxylation is 1. The van der Waals surface area contributed by atoms with Crippen LogP contribution in [0.1, 0.15) is 17.6 Å². The fourth-order valence-corrected chi connectivity index (χ4v) is 2.67. The number of nitrogen functional groups attached to an aromatic ring is 1. The minimum absolute atomic E-state index is 0.0366. The van der Waals surface area contributed by atoms with Gasteiger partial charge in [0.2, 0.25) is 0 Å². The molecule has 1 aromatic heterocycles. The fourth-order valence-electron chi connectivity index (χ4n) is 1.16. The zero-order chi connectivity index (χ0) is 11.8. The first kappa shape index (κ1) is 12.1. The van der Waals surface area contributed by atoms with Crippen LogP contribution in [0.5, 0.6) is 0 Å². The molecule has 0 amide bonds. The summed E-state index contributed by atoms with van der Waals surface area (Å²) in [5.74, 6) is -0.533. The van der Waals surface area contributed by atoms with Gasteiger partial charge in [-0.3, -0.25) is 0 Å². The van der Waals surface area contributed by atoms with Crippen molar-refractivity contribution in [2.24, 2.45) is 0 Å². The molecule has 0 aromatic carbocycles. The molecule has 0 atom stereocenters. The van der Waals surface area contributed by atoms with Crippen LogP contribution in [0.25, 0.3) is 0 Å². The Bertz CT molecular complexity index is 490. The molecule has 1 rings (SSSR count). The molecule has 0 spiro atoms. The van der Waals surface area contributed by atoms with Gasteiger partial charge in [0.25, 0.3) is 15.5 Å². The molecule has 0 aliphatic rings. The van der Waals surface area contributed by atoms with Crippen LogP contribution in [0.15, 0.2) is 11.1 Å². The average molecular weight is 257 g/mol. The Kier molecular flexibility index (Phi) is 3.15. The van der Waals surface area contributed by atoms with Crippen molar-refractivity contribution in [2.75, 3.05) is 5.73 Å².